The Labute approximate surface area is 170 Å². The molecule has 154 valence electrons. The molecule has 2 aromatic rings. The molecule has 0 aromatic heterocycles. The average molecular weight is 416 g/mol. The Morgan fingerprint density at radius 3 is 2.28 bits per heavy atom. The molecule has 1 aliphatic rings. The van der Waals surface area contributed by atoms with Crippen LogP contribution >= 0.6 is 0 Å². The molecule has 1 atom stereocenters. The van der Waals surface area contributed by atoms with Crippen LogP contribution in [0.1, 0.15) is 41.3 Å². The van der Waals surface area contributed by atoms with Crippen molar-refractivity contribution in [2.24, 2.45) is 0 Å². The van der Waals surface area contributed by atoms with Crippen LogP contribution in [0, 0.1) is 13.8 Å². The minimum absolute atomic E-state index is 0.166. The van der Waals surface area contributed by atoms with Crippen LogP contribution in [-0.2, 0) is 19.6 Å². The molecule has 2 aromatic carbocycles. The van der Waals surface area contributed by atoms with Crippen LogP contribution in [0.15, 0.2) is 47.4 Å². The molecule has 2 N–H and O–H groups in total. The number of hydrogen-bond acceptors (Lipinski definition) is 5. The van der Waals surface area contributed by atoms with Crippen molar-refractivity contribution in [3.8, 4) is 0 Å². The highest BCUT2D eigenvalue weighted by Crippen LogP contribution is 2.20. The summed E-state index contributed by atoms with van der Waals surface area (Å²) in [5, 5.41) is 2.78. The third kappa shape index (κ3) is 5.35. The van der Waals surface area contributed by atoms with E-state index in [0.29, 0.717) is 5.69 Å². The lowest BCUT2D eigenvalue weighted by molar-refractivity contribution is -0.129. The summed E-state index contributed by atoms with van der Waals surface area (Å²) in [5.41, 5.74) is 2.43. The van der Waals surface area contributed by atoms with Crippen molar-refractivity contribution in [2.75, 3.05) is 4.72 Å². The summed E-state index contributed by atoms with van der Waals surface area (Å²) in [7, 11) is -3.74. The van der Waals surface area contributed by atoms with Crippen LogP contribution < -0.4 is 10.0 Å². The van der Waals surface area contributed by atoms with Gasteiger partial charge in [0.25, 0.3) is 15.9 Å². The van der Waals surface area contributed by atoms with E-state index in [9.17, 15) is 18.0 Å². The first kappa shape index (κ1) is 20.9. The minimum atomic E-state index is -3.74. The fraction of sp³-hybridized carbons (Fsp3) is 0.333. The van der Waals surface area contributed by atoms with Gasteiger partial charge in [-0.15, -0.1) is 0 Å². The second kappa shape index (κ2) is 8.24. The Bertz CT molecular complexity index is 1030. The van der Waals surface area contributed by atoms with Gasteiger partial charge in [0.2, 0.25) is 0 Å². The molecule has 0 saturated heterocycles. The Balaban J connectivity index is 1.63. The van der Waals surface area contributed by atoms with Crippen molar-refractivity contribution in [3.63, 3.8) is 0 Å². The summed E-state index contributed by atoms with van der Waals surface area (Å²) in [5.74, 6) is -0.967. The molecule has 1 fully saturated rings. The first-order chi connectivity index (χ1) is 13.7. The monoisotopic (exact) mass is 416 g/mol. The molecule has 29 heavy (non-hydrogen) atoms. The smallest absolute Gasteiger partial charge is 0.338 e. The maximum absolute atomic E-state index is 12.6. The Morgan fingerprint density at radius 2 is 1.69 bits per heavy atom. The number of nitrogens with one attached hydrogen (secondary N) is 2. The molecule has 0 spiro atoms. The molecule has 0 unspecified atom stereocenters. The van der Waals surface area contributed by atoms with E-state index in [1.54, 1.807) is 18.2 Å². The zero-order valence-electron chi connectivity index (χ0n) is 16.6. The fourth-order valence-corrected chi connectivity index (χ4v) is 3.74. The summed E-state index contributed by atoms with van der Waals surface area (Å²) in [6.07, 6.45) is 1.00. The molecule has 1 saturated carbocycles. The van der Waals surface area contributed by atoms with Gasteiger partial charge in [0, 0.05) is 11.7 Å². The average Bonchev–Trinajstić information content (AvgIpc) is 3.48. The molecular weight excluding hydrogens is 392 g/mol. The number of hydrogen-bond donors (Lipinski definition) is 2. The quantitative estimate of drug-likeness (QED) is 0.676. The Hall–Kier alpha value is -2.87. The van der Waals surface area contributed by atoms with E-state index in [1.807, 2.05) is 13.8 Å². The van der Waals surface area contributed by atoms with Crippen molar-refractivity contribution in [1.29, 1.82) is 0 Å². The summed E-state index contributed by atoms with van der Waals surface area (Å²) in [4.78, 5) is 24.3. The molecule has 1 aliphatic carbocycles. The summed E-state index contributed by atoms with van der Waals surface area (Å²) in [6, 6.07) is 11.0. The molecular formula is C21H24N2O5S. The van der Waals surface area contributed by atoms with Gasteiger partial charge in [-0.05, 0) is 81.1 Å². The van der Waals surface area contributed by atoms with Crippen LogP contribution in [0.4, 0.5) is 5.69 Å². The predicted molar refractivity (Wildman–Crippen MR) is 109 cm³/mol. The number of amides is 1. The molecule has 0 heterocycles. The summed E-state index contributed by atoms with van der Waals surface area (Å²) >= 11 is 0. The lowest BCUT2D eigenvalue weighted by Crippen LogP contribution is -2.37. The zero-order chi connectivity index (χ0) is 21.2. The van der Waals surface area contributed by atoms with Crippen LogP contribution in [0.3, 0.4) is 0 Å². The summed E-state index contributed by atoms with van der Waals surface area (Å²) in [6.45, 7) is 5.27. The van der Waals surface area contributed by atoms with E-state index >= 15 is 0 Å². The van der Waals surface area contributed by atoms with Crippen molar-refractivity contribution in [3.05, 3.63) is 59.2 Å². The maximum Gasteiger partial charge on any atom is 0.338 e. The van der Waals surface area contributed by atoms with E-state index in [4.69, 9.17) is 4.74 Å². The number of esters is 1. The first-order valence-corrected chi connectivity index (χ1v) is 10.9. The van der Waals surface area contributed by atoms with Crippen molar-refractivity contribution >= 4 is 27.6 Å². The number of rotatable bonds is 7. The highest BCUT2D eigenvalue weighted by molar-refractivity contribution is 7.92. The Morgan fingerprint density at radius 1 is 1.03 bits per heavy atom. The summed E-state index contributed by atoms with van der Waals surface area (Å²) < 4.78 is 32.8. The largest absolute Gasteiger partial charge is 0.449 e. The highest BCUT2D eigenvalue weighted by Gasteiger charge is 2.27. The van der Waals surface area contributed by atoms with E-state index in [2.05, 4.69) is 10.0 Å². The normalized spacial score (nSPS) is 14.7. The third-order valence-electron chi connectivity index (χ3n) is 4.74. The van der Waals surface area contributed by atoms with Crippen molar-refractivity contribution in [1.82, 2.24) is 5.32 Å². The van der Waals surface area contributed by atoms with E-state index in [1.165, 1.54) is 31.2 Å². The van der Waals surface area contributed by atoms with Crippen molar-refractivity contribution < 1.29 is 22.7 Å². The number of aryl methyl sites for hydroxylation is 2. The molecule has 1 amide bonds. The number of anilines is 1. The third-order valence-corrected chi connectivity index (χ3v) is 6.12. The van der Waals surface area contributed by atoms with Crippen LogP contribution in [0.25, 0.3) is 0 Å². The van der Waals surface area contributed by atoms with Crippen LogP contribution in [0.2, 0.25) is 0 Å². The standard InChI is InChI=1S/C21H24N2O5S/c1-13-4-11-19(12-14(13)2)29(26,27)23-18-7-5-16(6-8-18)21(25)28-15(3)20(24)22-17-9-10-17/h4-8,11-12,15,17,23H,9-10H2,1-3H3,(H,22,24)/t15-/m1/s1. The van der Waals surface area contributed by atoms with E-state index < -0.39 is 22.1 Å². The Kier molecular flexibility index (Phi) is 5.93. The molecule has 3 rings (SSSR count). The van der Waals surface area contributed by atoms with Gasteiger partial charge in [0.15, 0.2) is 6.10 Å². The number of benzene rings is 2. The second-order valence-electron chi connectivity index (χ2n) is 7.26. The van der Waals surface area contributed by atoms with Gasteiger partial charge in [0.05, 0.1) is 10.5 Å². The van der Waals surface area contributed by atoms with E-state index in [-0.39, 0.29) is 22.4 Å². The fourth-order valence-electron chi connectivity index (χ4n) is 2.60. The molecule has 0 bridgehead atoms. The van der Waals surface area contributed by atoms with Gasteiger partial charge in [-0.2, -0.15) is 0 Å². The lowest BCUT2D eigenvalue weighted by Gasteiger charge is -2.13. The second-order valence-corrected chi connectivity index (χ2v) is 8.94. The molecule has 7 nitrogen and oxygen atoms in total. The lowest BCUT2D eigenvalue weighted by atomic mass is 10.1. The van der Waals surface area contributed by atoms with Crippen LogP contribution in [0.5, 0.6) is 0 Å². The molecule has 8 heteroatoms. The zero-order valence-corrected chi connectivity index (χ0v) is 17.4. The van der Waals surface area contributed by atoms with Gasteiger partial charge in [-0.25, -0.2) is 13.2 Å². The minimum Gasteiger partial charge on any atom is -0.449 e. The number of ether oxygens (including phenoxy) is 1. The van der Waals surface area contributed by atoms with E-state index in [0.717, 1.165) is 24.0 Å². The van der Waals surface area contributed by atoms with Crippen molar-refractivity contribution in [2.45, 2.75) is 50.7 Å². The van der Waals surface area contributed by atoms with Gasteiger partial charge < -0.3 is 10.1 Å². The van der Waals surface area contributed by atoms with Gasteiger partial charge >= 0.3 is 5.97 Å². The van der Waals surface area contributed by atoms with Crippen LogP contribution in [-0.4, -0.2) is 32.4 Å². The molecule has 0 radical (unpaired) electrons. The number of carbonyl (C=O) groups excluding carboxylic acids is 2. The SMILES string of the molecule is Cc1ccc(S(=O)(=O)Nc2ccc(C(=O)O[C@H](C)C(=O)NC3CC3)cc2)cc1C. The topological polar surface area (TPSA) is 102 Å². The molecule has 0 aliphatic heterocycles. The van der Waals surface area contributed by atoms with Gasteiger partial charge in [-0.3, -0.25) is 9.52 Å². The predicted octanol–water partition coefficient (Wildman–Crippen LogP) is 2.93. The van der Waals surface area contributed by atoms with Gasteiger partial charge in [0.1, 0.15) is 0 Å². The van der Waals surface area contributed by atoms with Gasteiger partial charge in [-0.1, -0.05) is 6.07 Å². The number of sulfonamides is 1. The first-order valence-electron chi connectivity index (χ1n) is 9.37. The maximum atomic E-state index is 12.6. The number of carbonyl (C=O) groups is 2. The highest BCUT2D eigenvalue weighted by atomic mass is 32.2.